The Morgan fingerprint density at radius 3 is 2.68 bits per heavy atom. The van der Waals surface area contributed by atoms with E-state index in [1.165, 1.54) is 0 Å². The number of aliphatic hydroxyl groups is 1. The van der Waals surface area contributed by atoms with Crippen LogP contribution >= 0.6 is 0 Å². The summed E-state index contributed by atoms with van der Waals surface area (Å²) in [5, 5.41) is 11.3. The molecule has 1 aliphatic rings. The standard InChI is InChI=1S/C19H14N4O2/c1-10-16(24)15(17-20-12-7-3-4-8-13(12)21-17)18-22-19(25)11-6-2-5-9-14(11)23(10)18/h2-10,24H,1H3,(H,20,21). The number of allylic oxidation sites excluding steroid dienone is 1. The second kappa shape index (κ2) is 4.80. The van der Waals surface area contributed by atoms with Crippen molar-refractivity contribution in [2.24, 2.45) is 0 Å². The van der Waals surface area contributed by atoms with E-state index in [1.54, 1.807) is 6.07 Å². The Labute approximate surface area is 142 Å². The van der Waals surface area contributed by atoms with Crippen LogP contribution in [0.3, 0.4) is 0 Å². The summed E-state index contributed by atoms with van der Waals surface area (Å²) in [4.78, 5) is 24.5. The number of H-pyrrole nitrogens is 1. The van der Waals surface area contributed by atoms with Crippen LogP contribution in [0, 0.1) is 0 Å². The molecule has 0 saturated carbocycles. The van der Waals surface area contributed by atoms with Gasteiger partial charge in [0.2, 0.25) is 0 Å². The minimum atomic E-state index is -0.323. The van der Waals surface area contributed by atoms with Crippen LogP contribution in [0.1, 0.15) is 24.6 Å². The van der Waals surface area contributed by atoms with E-state index in [2.05, 4.69) is 15.0 Å². The lowest BCUT2D eigenvalue weighted by atomic mass is 10.2. The van der Waals surface area contributed by atoms with E-state index in [0.29, 0.717) is 22.6 Å². The highest BCUT2D eigenvalue weighted by Gasteiger charge is 2.33. The predicted octanol–water partition coefficient (Wildman–Crippen LogP) is 3.16. The predicted molar refractivity (Wildman–Crippen MR) is 95.5 cm³/mol. The van der Waals surface area contributed by atoms with Gasteiger partial charge in [0.15, 0.2) is 5.82 Å². The van der Waals surface area contributed by atoms with E-state index in [9.17, 15) is 9.90 Å². The van der Waals surface area contributed by atoms with Crippen molar-refractivity contribution in [2.45, 2.75) is 13.0 Å². The SMILES string of the molecule is CC1C(O)=C(c2nc3ccccc3[nH]2)c2nc(=O)c3ccccc3n21. The second-order valence-corrected chi connectivity index (χ2v) is 6.17. The van der Waals surface area contributed by atoms with Crippen molar-refractivity contribution in [2.75, 3.05) is 0 Å². The van der Waals surface area contributed by atoms with Crippen LogP contribution in [0.15, 0.2) is 59.1 Å². The van der Waals surface area contributed by atoms with Crippen LogP contribution < -0.4 is 5.56 Å². The van der Waals surface area contributed by atoms with Crippen molar-refractivity contribution < 1.29 is 5.11 Å². The number of nitrogens with zero attached hydrogens (tertiary/aromatic N) is 3. The quantitative estimate of drug-likeness (QED) is 0.561. The molecule has 2 aromatic carbocycles. The van der Waals surface area contributed by atoms with Gasteiger partial charge >= 0.3 is 0 Å². The monoisotopic (exact) mass is 330 g/mol. The topological polar surface area (TPSA) is 83.8 Å². The lowest BCUT2D eigenvalue weighted by Gasteiger charge is -2.13. The van der Waals surface area contributed by atoms with E-state index in [4.69, 9.17) is 0 Å². The Balaban J connectivity index is 1.84. The molecule has 25 heavy (non-hydrogen) atoms. The molecule has 122 valence electrons. The van der Waals surface area contributed by atoms with Crippen molar-refractivity contribution in [3.8, 4) is 0 Å². The third-order valence-electron chi connectivity index (χ3n) is 4.72. The molecule has 0 amide bonds. The maximum absolute atomic E-state index is 12.4. The van der Waals surface area contributed by atoms with Crippen LogP contribution in [0.4, 0.5) is 0 Å². The van der Waals surface area contributed by atoms with Crippen LogP contribution in [0.25, 0.3) is 27.5 Å². The lowest BCUT2D eigenvalue weighted by molar-refractivity contribution is 0.354. The molecular formula is C19H14N4O2. The van der Waals surface area contributed by atoms with E-state index in [-0.39, 0.29) is 17.4 Å². The highest BCUT2D eigenvalue weighted by Crippen LogP contribution is 2.38. The van der Waals surface area contributed by atoms with Gasteiger partial charge in [-0.15, -0.1) is 0 Å². The number of rotatable bonds is 1. The summed E-state index contributed by atoms with van der Waals surface area (Å²) in [6.45, 7) is 1.88. The number of benzene rings is 2. The minimum absolute atomic E-state index is 0.155. The molecular weight excluding hydrogens is 316 g/mol. The van der Waals surface area contributed by atoms with E-state index in [1.807, 2.05) is 54.0 Å². The van der Waals surface area contributed by atoms with Crippen molar-refractivity contribution in [1.29, 1.82) is 0 Å². The summed E-state index contributed by atoms with van der Waals surface area (Å²) >= 11 is 0. The number of hydrogen-bond donors (Lipinski definition) is 2. The molecule has 6 heteroatoms. The van der Waals surface area contributed by atoms with Crippen LogP contribution in [-0.4, -0.2) is 24.6 Å². The van der Waals surface area contributed by atoms with Gasteiger partial charge < -0.3 is 14.7 Å². The minimum Gasteiger partial charge on any atom is -0.509 e. The molecule has 1 unspecified atom stereocenters. The number of para-hydroxylation sites is 3. The van der Waals surface area contributed by atoms with Gasteiger partial charge in [-0.1, -0.05) is 24.3 Å². The third-order valence-corrected chi connectivity index (χ3v) is 4.72. The van der Waals surface area contributed by atoms with E-state index in [0.717, 1.165) is 16.6 Å². The maximum atomic E-state index is 12.4. The average molecular weight is 330 g/mol. The van der Waals surface area contributed by atoms with Crippen molar-refractivity contribution in [3.63, 3.8) is 0 Å². The Bertz CT molecular complexity index is 1220. The Morgan fingerprint density at radius 1 is 1.08 bits per heavy atom. The lowest BCUT2D eigenvalue weighted by Crippen LogP contribution is -2.17. The summed E-state index contributed by atoms with van der Waals surface area (Å²) < 4.78 is 1.88. The van der Waals surface area contributed by atoms with Crippen LogP contribution in [0.2, 0.25) is 0 Å². The van der Waals surface area contributed by atoms with Gasteiger partial charge in [0.05, 0.1) is 33.6 Å². The molecule has 2 aromatic heterocycles. The molecule has 0 aliphatic carbocycles. The fourth-order valence-electron chi connectivity index (χ4n) is 3.50. The fourth-order valence-corrected chi connectivity index (χ4v) is 3.50. The highest BCUT2D eigenvalue weighted by molar-refractivity contribution is 5.87. The zero-order valence-corrected chi connectivity index (χ0v) is 13.4. The average Bonchev–Trinajstić information content (AvgIpc) is 3.14. The first-order valence-electron chi connectivity index (χ1n) is 8.05. The molecule has 0 radical (unpaired) electrons. The molecule has 3 heterocycles. The zero-order chi connectivity index (χ0) is 17.1. The molecule has 0 saturated heterocycles. The van der Waals surface area contributed by atoms with Gasteiger partial charge in [0, 0.05) is 0 Å². The Morgan fingerprint density at radius 2 is 1.84 bits per heavy atom. The number of fused-ring (bicyclic) bond motifs is 4. The first-order valence-corrected chi connectivity index (χ1v) is 8.05. The van der Waals surface area contributed by atoms with Gasteiger partial charge in [-0.3, -0.25) is 4.79 Å². The van der Waals surface area contributed by atoms with Gasteiger partial charge in [0.25, 0.3) is 5.56 Å². The molecule has 1 aliphatic heterocycles. The first kappa shape index (κ1) is 14.0. The van der Waals surface area contributed by atoms with Gasteiger partial charge in [-0.2, -0.15) is 4.98 Å². The van der Waals surface area contributed by atoms with Crippen molar-refractivity contribution >= 4 is 27.5 Å². The summed E-state index contributed by atoms with van der Waals surface area (Å²) in [5.74, 6) is 1.11. The van der Waals surface area contributed by atoms with E-state index < -0.39 is 0 Å². The van der Waals surface area contributed by atoms with Crippen LogP contribution in [-0.2, 0) is 0 Å². The number of aromatic nitrogens is 4. The van der Waals surface area contributed by atoms with E-state index >= 15 is 0 Å². The molecule has 0 fully saturated rings. The van der Waals surface area contributed by atoms with Crippen molar-refractivity contribution in [1.82, 2.24) is 19.5 Å². The normalized spacial score (nSPS) is 16.8. The summed E-state index contributed by atoms with van der Waals surface area (Å²) in [5.41, 5.74) is 2.59. The van der Waals surface area contributed by atoms with Gasteiger partial charge in [-0.25, -0.2) is 4.98 Å². The summed E-state index contributed by atoms with van der Waals surface area (Å²) in [7, 11) is 0. The number of nitrogens with one attached hydrogen (secondary N) is 1. The largest absolute Gasteiger partial charge is 0.509 e. The molecule has 4 aromatic rings. The molecule has 2 N–H and O–H groups in total. The zero-order valence-electron chi connectivity index (χ0n) is 13.4. The van der Waals surface area contributed by atoms with Gasteiger partial charge in [0.1, 0.15) is 11.6 Å². The molecule has 1 atom stereocenters. The summed E-state index contributed by atoms with van der Waals surface area (Å²) in [6.07, 6.45) is 0. The summed E-state index contributed by atoms with van der Waals surface area (Å²) in [6, 6.07) is 14.6. The number of aromatic amines is 1. The van der Waals surface area contributed by atoms with Gasteiger partial charge in [-0.05, 0) is 31.2 Å². The second-order valence-electron chi connectivity index (χ2n) is 6.17. The fraction of sp³-hybridized carbons (Fsp3) is 0.105. The highest BCUT2D eigenvalue weighted by atomic mass is 16.3. The van der Waals surface area contributed by atoms with Crippen LogP contribution in [0.5, 0.6) is 0 Å². The molecule has 5 rings (SSSR count). The third kappa shape index (κ3) is 1.82. The first-order chi connectivity index (χ1) is 12.1. The Hall–Kier alpha value is -3.41. The number of imidazole rings is 1. The number of aliphatic hydroxyl groups excluding tert-OH is 1. The van der Waals surface area contributed by atoms with Crippen molar-refractivity contribution in [3.05, 3.63) is 76.3 Å². The smallest absolute Gasteiger partial charge is 0.281 e. The molecule has 0 bridgehead atoms. The molecule has 6 nitrogen and oxygen atoms in total. The maximum Gasteiger partial charge on any atom is 0.281 e. The molecule has 0 spiro atoms. The number of hydrogen-bond acceptors (Lipinski definition) is 4. The Kier molecular flexibility index (Phi) is 2.68.